The number of likely N-dealkylation sites (tertiary alicyclic amines) is 1. The Kier molecular flexibility index (Phi) is 5.04. The zero-order valence-electron chi connectivity index (χ0n) is 14.3. The lowest BCUT2D eigenvalue weighted by Gasteiger charge is -2.38. The molecule has 0 aromatic heterocycles. The molecule has 6 heteroatoms. The Morgan fingerprint density at radius 1 is 1.21 bits per heavy atom. The van der Waals surface area contributed by atoms with Crippen LogP contribution < -0.4 is 5.32 Å². The van der Waals surface area contributed by atoms with Gasteiger partial charge in [0.15, 0.2) is 5.79 Å². The number of carbonyl (C=O) groups is 1. The Morgan fingerprint density at radius 2 is 1.79 bits per heavy atom. The van der Waals surface area contributed by atoms with Crippen molar-refractivity contribution >= 4 is 17.6 Å². The summed E-state index contributed by atoms with van der Waals surface area (Å²) in [6.45, 7) is 7.43. The molecule has 1 N–H and O–H groups in total. The van der Waals surface area contributed by atoms with Gasteiger partial charge in [0.1, 0.15) is 0 Å². The summed E-state index contributed by atoms with van der Waals surface area (Å²) in [5.41, 5.74) is 0.993. The molecule has 2 saturated heterocycles. The van der Waals surface area contributed by atoms with Crippen LogP contribution in [-0.2, 0) is 14.9 Å². The maximum atomic E-state index is 12.4. The third kappa shape index (κ3) is 3.85. The van der Waals surface area contributed by atoms with Crippen molar-refractivity contribution in [2.75, 3.05) is 32.8 Å². The van der Waals surface area contributed by atoms with E-state index in [1.807, 2.05) is 29.2 Å². The molecule has 2 aliphatic rings. The van der Waals surface area contributed by atoms with E-state index in [4.69, 9.17) is 21.1 Å². The molecule has 0 atom stereocenters. The van der Waals surface area contributed by atoms with Gasteiger partial charge >= 0.3 is 6.03 Å². The summed E-state index contributed by atoms with van der Waals surface area (Å²) in [5, 5.41) is 3.78. The van der Waals surface area contributed by atoms with Gasteiger partial charge < -0.3 is 19.7 Å². The van der Waals surface area contributed by atoms with E-state index in [2.05, 4.69) is 19.2 Å². The van der Waals surface area contributed by atoms with Gasteiger partial charge in [0.25, 0.3) is 0 Å². The second-order valence-electron chi connectivity index (χ2n) is 7.14. The third-order valence-electron chi connectivity index (χ3n) is 4.93. The topological polar surface area (TPSA) is 50.8 Å². The summed E-state index contributed by atoms with van der Waals surface area (Å²) < 4.78 is 11.4. The van der Waals surface area contributed by atoms with Crippen LogP contribution in [0.2, 0.25) is 5.02 Å². The molecule has 2 heterocycles. The van der Waals surface area contributed by atoms with E-state index in [1.54, 1.807) is 0 Å². The number of piperidine rings is 1. The van der Waals surface area contributed by atoms with Crippen molar-refractivity contribution in [1.29, 1.82) is 0 Å². The number of carbonyl (C=O) groups excluding carboxylic acids is 1. The van der Waals surface area contributed by atoms with Gasteiger partial charge in [0.05, 0.1) is 13.2 Å². The molecule has 0 saturated carbocycles. The molecule has 132 valence electrons. The fourth-order valence-corrected chi connectivity index (χ4v) is 3.37. The minimum atomic E-state index is -0.445. The van der Waals surface area contributed by atoms with E-state index in [9.17, 15) is 4.79 Å². The number of urea groups is 1. The standard InChI is InChI=1S/C18H25ClN2O3/c1-17(2,14-3-5-15(19)6-4-14)13-20-16(22)21-9-7-18(8-10-21)23-11-12-24-18/h3-6H,7-13H2,1-2H3,(H,20,22). The first kappa shape index (κ1) is 17.5. The van der Waals surface area contributed by atoms with E-state index in [-0.39, 0.29) is 11.4 Å². The highest BCUT2D eigenvalue weighted by Gasteiger charge is 2.40. The summed E-state index contributed by atoms with van der Waals surface area (Å²) in [5.74, 6) is -0.445. The Labute approximate surface area is 148 Å². The fourth-order valence-electron chi connectivity index (χ4n) is 3.25. The summed E-state index contributed by atoms with van der Waals surface area (Å²) in [7, 11) is 0. The van der Waals surface area contributed by atoms with Crippen LogP contribution in [0.1, 0.15) is 32.3 Å². The number of nitrogens with zero attached hydrogens (tertiary/aromatic N) is 1. The lowest BCUT2D eigenvalue weighted by atomic mass is 9.85. The highest BCUT2D eigenvalue weighted by atomic mass is 35.5. The van der Waals surface area contributed by atoms with Gasteiger partial charge in [-0.05, 0) is 17.7 Å². The minimum absolute atomic E-state index is 0.0233. The maximum Gasteiger partial charge on any atom is 0.317 e. The summed E-state index contributed by atoms with van der Waals surface area (Å²) in [4.78, 5) is 14.3. The zero-order valence-corrected chi connectivity index (χ0v) is 15.1. The largest absolute Gasteiger partial charge is 0.347 e. The quantitative estimate of drug-likeness (QED) is 0.909. The first-order valence-corrected chi connectivity index (χ1v) is 8.85. The number of halogens is 1. The Hall–Kier alpha value is -1.30. The molecule has 1 spiro atoms. The molecule has 3 rings (SSSR count). The average molecular weight is 353 g/mol. The number of benzene rings is 1. The van der Waals surface area contributed by atoms with Crippen molar-refractivity contribution in [2.24, 2.45) is 0 Å². The molecule has 0 aliphatic carbocycles. The SMILES string of the molecule is CC(C)(CNC(=O)N1CCC2(CC1)OCCO2)c1ccc(Cl)cc1. The smallest absolute Gasteiger partial charge is 0.317 e. The highest BCUT2D eigenvalue weighted by molar-refractivity contribution is 6.30. The van der Waals surface area contributed by atoms with E-state index in [1.165, 1.54) is 0 Å². The van der Waals surface area contributed by atoms with Gasteiger partial charge in [-0.2, -0.15) is 0 Å². The molecule has 2 aliphatic heterocycles. The van der Waals surface area contributed by atoms with Gasteiger partial charge in [-0.25, -0.2) is 4.79 Å². The van der Waals surface area contributed by atoms with Gasteiger partial charge in [-0.1, -0.05) is 37.6 Å². The van der Waals surface area contributed by atoms with Crippen molar-refractivity contribution in [1.82, 2.24) is 10.2 Å². The predicted molar refractivity (Wildman–Crippen MR) is 93.3 cm³/mol. The number of rotatable bonds is 3. The number of nitrogens with one attached hydrogen (secondary N) is 1. The number of amides is 2. The number of hydrogen-bond acceptors (Lipinski definition) is 3. The Bertz CT molecular complexity index is 572. The lowest BCUT2D eigenvalue weighted by molar-refractivity contribution is -0.181. The predicted octanol–water partition coefficient (Wildman–Crippen LogP) is 3.17. The molecule has 5 nitrogen and oxygen atoms in total. The highest BCUT2D eigenvalue weighted by Crippen LogP contribution is 2.31. The van der Waals surface area contributed by atoms with Crippen molar-refractivity contribution in [3.63, 3.8) is 0 Å². The summed E-state index contributed by atoms with van der Waals surface area (Å²) in [6.07, 6.45) is 1.47. The van der Waals surface area contributed by atoms with Crippen LogP contribution in [-0.4, -0.2) is 49.6 Å². The van der Waals surface area contributed by atoms with E-state index < -0.39 is 5.79 Å². The van der Waals surface area contributed by atoms with Crippen LogP contribution in [0.5, 0.6) is 0 Å². The normalized spacial score (nSPS) is 20.4. The third-order valence-corrected chi connectivity index (χ3v) is 5.19. The van der Waals surface area contributed by atoms with E-state index >= 15 is 0 Å². The van der Waals surface area contributed by atoms with Crippen LogP contribution >= 0.6 is 11.6 Å². The molecule has 2 fully saturated rings. The molecule has 1 aromatic rings. The maximum absolute atomic E-state index is 12.4. The van der Waals surface area contributed by atoms with Crippen molar-refractivity contribution in [3.8, 4) is 0 Å². The first-order chi connectivity index (χ1) is 11.4. The lowest BCUT2D eigenvalue weighted by Crippen LogP contribution is -2.51. The number of hydrogen-bond donors (Lipinski definition) is 1. The van der Waals surface area contributed by atoms with Gasteiger partial charge in [0.2, 0.25) is 0 Å². The summed E-state index contributed by atoms with van der Waals surface area (Å²) >= 11 is 5.95. The molecule has 2 amide bonds. The number of ether oxygens (including phenoxy) is 2. The van der Waals surface area contributed by atoms with Gasteiger partial charge in [-0.15, -0.1) is 0 Å². The molecule has 0 radical (unpaired) electrons. The molecule has 1 aromatic carbocycles. The monoisotopic (exact) mass is 352 g/mol. The Balaban J connectivity index is 1.51. The molecule has 0 bridgehead atoms. The van der Waals surface area contributed by atoms with Crippen LogP contribution in [0.4, 0.5) is 4.79 Å². The second kappa shape index (κ2) is 6.90. The van der Waals surface area contributed by atoms with E-state index in [0.29, 0.717) is 32.8 Å². The zero-order chi connectivity index (χ0) is 17.2. The van der Waals surface area contributed by atoms with Crippen LogP contribution in [0, 0.1) is 0 Å². The Morgan fingerprint density at radius 3 is 2.38 bits per heavy atom. The molecular formula is C18H25ClN2O3. The van der Waals surface area contributed by atoms with Crippen LogP contribution in [0.25, 0.3) is 0 Å². The average Bonchev–Trinajstić information content (AvgIpc) is 3.02. The molecule has 0 unspecified atom stereocenters. The first-order valence-electron chi connectivity index (χ1n) is 8.47. The van der Waals surface area contributed by atoms with Crippen molar-refractivity contribution in [2.45, 2.75) is 37.9 Å². The van der Waals surface area contributed by atoms with Crippen LogP contribution in [0.3, 0.4) is 0 Å². The molecule has 24 heavy (non-hydrogen) atoms. The molecular weight excluding hydrogens is 328 g/mol. The fraction of sp³-hybridized carbons (Fsp3) is 0.611. The second-order valence-corrected chi connectivity index (χ2v) is 7.58. The van der Waals surface area contributed by atoms with Gasteiger partial charge in [-0.3, -0.25) is 0 Å². The van der Waals surface area contributed by atoms with Gasteiger partial charge in [0, 0.05) is 42.9 Å². The minimum Gasteiger partial charge on any atom is -0.347 e. The van der Waals surface area contributed by atoms with E-state index in [0.717, 1.165) is 23.4 Å². The van der Waals surface area contributed by atoms with Crippen molar-refractivity contribution < 1.29 is 14.3 Å². The van der Waals surface area contributed by atoms with Crippen LogP contribution in [0.15, 0.2) is 24.3 Å². The van der Waals surface area contributed by atoms with Crippen molar-refractivity contribution in [3.05, 3.63) is 34.9 Å². The summed E-state index contributed by atoms with van der Waals surface area (Å²) in [6, 6.07) is 7.75.